The second-order valence-corrected chi connectivity index (χ2v) is 6.51. The summed E-state index contributed by atoms with van der Waals surface area (Å²) in [6.07, 6.45) is -3.97. The maximum atomic E-state index is 13.0. The van der Waals surface area contributed by atoms with Crippen LogP contribution in [0.3, 0.4) is 0 Å². The van der Waals surface area contributed by atoms with Crippen molar-refractivity contribution in [2.24, 2.45) is 5.92 Å². The van der Waals surface area contributed by atoms with Crippen LogP contribution in [0, 0.1) is 11.7 Å². The van der Waals surface area contributed by atoms with Gasteiger partial charge in [0, 0.05) is 30.1 Å². The maximum absolute atomic E-state index is 13.0. The van der Waals surface area contributed by atoms with E-state index in [0.29, 0.717) is 31.5 Å². The van der Waals surface area contributed by atoms with Crippen molar-refractivity contribution >= 4 is 11.7 Å². The van der Waals surface area contributed by atoms with Gasteiger partial charge in [-0.05, 0) is 55.3 Å². The second kappa shape index (κ2) is 8.00. The third-order valence-electron chi connectivity index (χ3n) is 4.60. The van der Waals surface area contributed by atoms with Crippen molar-refractivity contribution in [3.05, 3.63) is 65.5 Å². The predicted molar refractivity (Wildman–Crippen MR) is 92.5 cm³/mol. The molecule has 0 bridgehead atoms. The number of hydrogen-bond acceptors (Lipinski definition) is 3. The van der Waals surface area contributed by atoms with Crippen LogP contribution in [0.1, 0.15) is 33.6 Å². The number of ether oxygens (including phenoxy) is 1. The van der Waals surface area contributed by atoms with Gasteiger partial charge in [0.15, 0.2) is 5.78 Å². The van der Waals surface area contributed by atoms with Gasteiger partial charge in [-0.25, -0.2) is 4.39 Å². The van der Waals surface area contributed by atoms with E-state index in [1.165, 1.54) is 41.3 Å². The van der Waals surface area contributed by atoms with Gasteiger partial charge >= 0.3 is 6.36 Å². The Labute approximate surface area is 158 Å². The van der Waals surface area contributed by atoms with Gasteiger partial charge in [0.2, 0.25) is 0 Å². The van der Waals surface area contributed by atoms with Crippen LogP contribution in [0.4, 0.5) is 17.6 Å². The predicted octanol–water partition coefficient (Wildman–Crippen LogP) is 4.46. The Hall–Kier alpha value is -2.90. The molecular formula is C20H17F4NO3. The number of rotatable bonds is 4. The molecule has 0 aliphatic carbocycles. The lowest BCUT2D eigenvalue weighted by Gasteiger charge is -2.31. The Balaban J connectivity index is 1.61. The van der Waals surface area contributed by atoms with Gasteiger partial charge in [-0.3, -0.25) is 9.59 Å². The number of piperidine rings is 1. The van der Waals surface area contributed by atoms with Crippen molar-refractivity contribution < 1.29 is 31.9 Å². The molecule has 3 rings (SSSR count). The highest BCUT2D eigenvalue weighted by Gasteiger charge is 2.32. The summed E-state index contributed by atoms with van der Waals surface area (Å²) in [4.78, 5) is 26.6. The van der Waals surface area contributed by atoms with E-state index in [0.717, 1.165) is 12.1 Å². The maximum Gasteiger partial charge on any atom is 0.573 e. The summed E-state index contributed by atoms with van der Waals surface area (Å²) in [5.74, 6) is -1.68. The minimum Gasteiger partial charge on any atom is -0.406 e. The van der Waals surface area contributed by atoms with Crippen LogP contribution in [0.15, 0.2) is 48.5 Å². The number of halogens is 4. The zero-order valence-corrected chi connectivity index (χ0v) is 14.7. The van der Waals surface area contributed by atoms with E-state index in [-0.39, 0.29) is 17.3 Å². The quantitative estimate of drug-likeness (QED) is 0.567. The molecule has 2 aromatic rings. The summed E-state index contributed by atoms with van der Waals surface area (Å²) in [5.41, 5.74) is 0.508. The molecule has 0 saturated carbocycles. The molecule has 1 saturated heterocycles. The molecule has 1 aliphatic heterocycles. The first-order valence-corrected chi connectivity index (χ1v) is 8.68. The number of amides is 1. The highest BCUT2D eigenvalue weighted by Crippen LogP contribution is 2.26. The van der Waals surface area contributed by atoms with E-state index in [4.69, 9.17) is 0 Å². The summed E-state index contributed by atoms with van der Waals surface area (Å²) >= 11 is 0. The van der Waals surface area contributed by atoms with Crippen molar-refractivity contribution in [3.63, 3.8) is 0 Å². The fourth-order valence-electron chi connectivity index (χ4n) is 3.20. The van der Waals surface area contributed by atoms with E-state index < -0.39 is 23.8 Å². The first-order chi connectivity index (χ1) is 13.2. The van der Waals surface area contributed by atoms with Crippen LogP contribution >= 0.6 is 0 Å². The lowest BCUT2D eigenvalue weighted by Crippen LogP contribution is -2.40. The molecule has 0 unspecified atom stereocenters. The Morgan fingerprint density at radius 2 is 1.61 bits per heavy atom. The average molecular weight is 395 g/mol. The zero-order chi connectivity index (χ0) is 20.3. The van der Waals surface area contributed by atoms with Gasteiger partial charge in [-0.15, -0.1) is 13.2 Å². The molecule has 1 amide bonds. The molecule has 28 heavy (non-hydrogen) atoms. The zero-order valence-electron chi connectivity index (χ0n) is 14.7. The van der Waals surface area contributed by atoms with Crippen molar-refractivity contribution in [3.8, 4) is 5.75 Å². The van der Waals surface area contributed by atoms with Crippen LogP contribution < -0.4 is 4.74 Å². The number of Topliss-reactive ketones (excluding diaryl/α,β-unsaturated/α-hetero) is 1. The Morgan fingerprint density at radius 3 is 2.21 bits per heavy atom. The van der Waals surface area contributed by atoms with Crippen LogP contribution in [-0.2, 0) is 0 Å². The number of likely N-dealkylation sites (tertiary alicyclic amines) is 1. The molecular weight excluding hydrogens is 378 g/mol. The van der Waals surface area contributed by atoms with Gasteiger partial charge in [0.25, 0.3) is 5.91 Å². The van der Waals surface area contributed by atoms with E-state index in [9.17, 15) is 27.2 Å². The van der Waals surface area contributed by atoms with Gasteiger partial charge in [0.1, 0.15) is 11.6 Å². The Bertz CT molecular complexity index is 856. The largest absolute Gasteiger partial charge is 0.573 e. The van der Waals surface area contributed by atoms with E-state index in [2.05, 4.69) is 4.74 Å². The van der Waals surface area contributed by atoms with E-state index in [1.807, 2.05) is 0 Å². The number of hydrogen-bond donors (Lipinski definition) is 0. The number of carbonyl (C=O) groups excluding carboxylic acids is 2. The normalized spacial score (nSPS) is 15.4. The summed E-state index contributed by atoms with van der Waals surface area (Å²) in [7, 11) is 0. The fraction of sp³-hybridized carbons (Fsp3) is 0.300. The second-order valence-electron chi connectivity index (χ2n) is 6.51. The van der Waals surface area contributed by atoms with Gasteiger partial charge in [0.05, 0.1) is 0 Å². The van der Waals surface area contributed by atoms with Gasteiger partial charge in [-0.2, -0.15) is 0 Å². The summed E-state index contributed by atoms with van der Waals surface area (Å²) in [6.45, 7) is 0.613. The monoisotopic (exact) mass is 395 g/mol. The summed E-state index contributed by atoms with van der Waals surface area (Å²) < 4.78 is 53.8. The fourth-order valence-corrected chi connectivity index (χ4v) is 3.20. The van der Waals surface area contributed by atoms with Crippen molar-refractivity contribution in [2.75, 3.05) is 13.1 Å². The van der Waals surface area contributed by atoms with Crippen LogP contribution in [0.25, 0.3) is 0 Å². The lowest BCUT2D eigenvalue weighted by atomic mass is 9.88. The molecule has 0 radical (unpaired) electrons. The van der Waals surface area contributed by atoms with Gasteiger partial charge < -0.3 is 9.64 Å². The van der Waals surface area contributed by atoms with Crippen molar-refractivity contribution in [1.29, 1.82) is 0 Å². The molecule has 4 nitrogen and oxygen atoms in total. The summed E-state index contributed by atoms with van der Waals surface area (Å²) in [6, 6.07) is 10.2. The molecule has 0 aromatic heterocycles. The molecule has 0 N–H and O–H groups in total. The first-order valence-electron chi connectivity index (χ1n) is 8.68. The summed E-state index contributed by atoms with van der Waals surface area (Å²) in [5, 5.41) is 0. The molecule has 8 heteroatoms. The topological polar surface area (TPSA) is 46.6 Å². The lowest BCUT2D eigenvalue weighted by molar-refractivity contribution is -0.274. The average Bonchev–Trinajstić information content (AvgIpc) is 2.66. The van der Waals surface area contributed by atoms with E-state index in [1.54, 1.807) is 0 Å². The van der Waals surface area contributed by atoms with Crippen molar-refractivity contribution in [1.82, 2.24) is 4.90 Å². The molecule has 148 valence electrons. The molecule has 0 spiro atoms. The standard InChI is InChI=1S/C20H17F4NO3/c21-16-6-4-13(5-7-16)18(26)14-8-10-25(11-9-14)19(27)15-2-1-3-17(12-15)28-20(22,23)24/h1-7,12,14H,8-11H2. The molecule has 0 atom stereocenters. The smallest absolute Gasteiger partial charge is 0.406 e. The Kier molecular flexibility index (Phi) is 5.67. The van der Waals surface area contributed by atoms with Crippen LogP contribution in [0.2, 0.25) is 0 Å². The molecule has 1 aliphatic rings. The van der Waals surface area contributed by atoms with Crippen LogP contribution in [-0.4, -0.2) is 36.0 Å². The number of ketones is 1. The SMILES string of the molecule is O=C(c1ccc(F)cc1)C1CCN(C(=O)c2cccc(OC(F)(F)F)c2)CC1. The number of nitrogens with zero attached hydrogens (tertiary/aromatic N) is 1. The first kappa shape index (κ1) is 19.9. The molecule has 1 heterocycles. The highest BCUT2D eigenvalue weighted by atomic mass is 19.4. The van der Waals surface area contributed by atoms with Crippen molar-refractivity contribution in [2.45, 2.75) is 19.2 Å². The third kappa shape index (κ3) is 4.88. The molecule has 1 fully saturated rings. The van der Waals surface area contributed by atoms with E-state index >= 15 is 0 Å². The number of alkyl halides is 3. The highest BCUT2D eigenvalue weighted by molar-refractivity contribution is 5.98. The minimum atomic E-state index is -4.83. The minimum absolute atomic E-state index is 0.0880. The molecule has 2 aromatic carbocycles. The number of carbonyl (C=O) groups is 2. The van der Waals surface area contributed by atoms with Gasteiger partial charge in [-0.1, -0.05) is 6.07 Å². The number of benzene rings is 2. The Morgan fingerprint density at radius 1 is 0.964 bits per heavy atom. The third-order valence-corrected chi connectivity index (χ3v) is 4.60. The van der Waals surface area contributed by atoms with Crippen LogP contribution in [0.5, 0.6) is 5.75 Å².